The van der Waals surface area contributed by atoms with Crippen molar-refractivity contribution in [1.82, 2.24) is 5.16 Å². The van der Waals surface area contributed by atoms with Crippen LogP contribution in [0.1, 0.15) is 32.1 Å². The van der Waals surface area contributed by atoms with Crippen LogP contribution in [0.25, 0.3) is 11.1 Å². The van der Waals surface area contributed by atoms with E-state index in [4.69, 9.17) is 9.26 Å². The molecule has 0 aliphatic heterocycles. The third-order valence-electron chi connectivity index (χ3n) is 5.10. The number of urea groups is 1. The van der Waals surface area contributed by atoms with Crippen LogP contribution in [0.2, 0.25) is 0 Å². The van der Waals surface area contributed by atoms with Gasteiger partial charge in [0.25, 0.3) is 0 Å². The van der Waals surface area contributed by atoms with E-state index in [0.717, 1.165) is 22.4 Å². The second kappa shape index (κ2) is 9.61. The summed E-state index contributed by atoms with van der Waals surface area (Å²) in [5.41, 5.74) is 3.87. The smallest absolute Gasteiger partial charge is 0.324 e. The highest BCUT2D eigenvalue weighted by molar-refractivity contribution is 5.99. The summed E-state index contributed by atoms with van der Waals surface area (Å²) in [6.07, 6.45) is 0. The minimum Gasteiger partial charge on any atom is -0.489 e. The zero-order chi connectivity index (χ0) is 23.3. The largest absolute Gasteiger partial charge is 0.489 e. The first kappa shape index (κ1) is 22.1. The number of aromatic nitrogens is 1. The molecule has 0 radical (unpaired) electrons. The summed E-state index contributed by atoms with van der Waals surface area (Å²) in [4.78, 5) is 12.3. The highest BCUT2D eigenvalue weighted by atomic mass is 16.5. The molecule has 2 N–H and O–H groups in total. The molecule has 3 aromatic carbocycles. The summed E-state index contributed by atoms with van der Waals surface area (Å²) >= 11 is 0. The van der Waals surface area contributed by atoms with Gasteiger partial charge in [-0.3, -0.25) is 5.32 Å². The standard InChI is InChI=1S/C27H27N3O3/c1-27(2,3)24-17-25(30-33-24)29-26(31)28-21-13-15-22(16-14-21)32-18-20-11-7-8-12-23(20)19-9-5-4-6-10-19/h4-17H,18H2,1-3H3,(H2,28,29,30,31). The fourth-order valence-electron chi connectivity index (χ4n) is 3.31. The van der Waals surface area contributed by atoms with Gasteiger partial charge in [-0.15, -0.1) is 0 Å². The highest BCUT2D eigenvalue weighted by Crippen LogP contribution is 2.26. The molecule has 0 atom stereocenters. The molecular weight excluding hydrogens is 414 g/mol. The van der Waals surface area contributed by atoms with Gasteiger partial charge in [-0.25, -0.2) is 4.79 Å². The van der Waals surface area contributed by atoms with Gasteiger partial charge in [-0.2, -0.15) is 0 Å². The third kappa shape index (κ3) is 5.80. The minimum atomic E-state index is -0.394. The van der Waals surface area contributed by atoms with Gasteiger partial charge in [0.2, 0.25) is 0 Å². The van der Waals surface area contributed by atoms with E-state index in [0.29, 0.717) is 23.9 Å². The number of hydrogen-bond donors (Lipinski definition) is 2. The van der Waals surface area contributed by atoms with Crippen LogP contribution in [0.3, 0.4) is 0 Å². The Morgan fingerprint density at radius 2 is 1.61 bits per heavy atom. The van der Waals surface area contributed by atoms with Crippen LogP contribution in [-0.4, -0.2) is 11.2 Å². The summed E-state index contributed by atoms with van der Waals surface area (Å²) < 4.78 is 11.3. The molecule has 0 aliphatic rings. The number of nitrogens with one attached hydrogen (secondary N) is 2. The number of carbonyl (C=O) groups excluding carboxylic acids is 1. The van der Waals surface area contributed by atoms with Crippen molar-refractivity contribution >= 4 is 17.5 Å². The first-order valence-electron chi connectivity index (χ1n) is 10.8. The second-order valence-corrected chi connectivity index (χ2v) is 8.74. The van der Waals surface area contributed by atoms with Crippen LogP contribution >= 0.6 is 0 Å². The normalized spacial score (nSPS) is 11.1. The number of carbonyl (C=O) groups is 1. The maximum Gasteiger partial charge on any atom is 0.324 e. The van der Waals surface area contributed by atoms with Crippen molar-refractivity contribution in [3.8, 4) is 16.9 Å². The van der Waals surface area contributed by atoms with Crippen molar-refractivity contribution in [3.05, 3.63) is 96.3 Å². The molecule has 0 spiro atoms. The molecule has 4 rings (SSSR count). The van der Waals surface area contributed by atoms with Crippen molar-refractivity contribution in [3.63, 3.8) is 0 Å². The van der Waals surface area contributed by atoms with Crippen LogP contribution in [-0.2, 0) is 12.0 Å². The second-order valence-electron chi connectivity index (χ2n) is 8.74. The fourth-order valence-corrected chi connectivity index (χ4v) is 3.31. The molecule has 0 bridgehead atoms. The van der Waals surface area contributed by atoms with E-state index in [-0.39, 0.29) is 5.41 Å². The molecule has 1 aromatic heterocycles. The van der Waals surface area contributed by atoms with E-state index in [1.165, 1.54) is 0 Å². The fraction of sp³-hybridized carbons (Fsp3) is 0.185. The third-order valence-corrected chi connectivity index (χ3v) is 5.10. The quantitative estimate of drug-likeness (QED) is 0.343. The zero-order valence-corrected chi connectivity index (χ0v) is 19.0. The molecule has 0 saturated heterocycles. The van der Waals surface area contributed by atoms with Crippen LogP contribution in [0.15, 0.2) is 89.5 Å². The van der Waals surface area contributed by atoms with Crippen molar-refractivity contribution in [1.29, 1.82) is 0 Å². The van der Waals surface area contributed by atoms with Gasteiger partial charge in [0.1, 0.15) is 18.1 Å². The number of anilines is 2. The number of rotatable bonds is 6. The molecular formula is C27H27N3O3. The predicted molar refractivity (Wildman–Crippen MR) is 130 cm³/mol. The van der Waals surface area contributed by atoms with Gasteiger partial charge in [0.15, 0.2) is 5.82 Å². The van der Waals surface area contributed by atoms with Crippen LogP contribution in [0.4, 0.5) is 16.3 Å². The Bertz CT molecular complexity index is 1210. The highest BCUT2D eigenvalue weighted by Gasteiger charge is 2.20. The van der Waals surface area contributed by atoms with E-state index in [1.54, 1.807) is 18.2 Å². The molecule has 1 heterocycles. The lowest BCUT2D eigenvalue weighted by Crippen LogP contribution is -2.19. The van der Waals surface area contributed by atoms with E-state index in [2.05, 4.69) is 40.1 Å². The van der Waals surface area contributed by atoms with Gasteiger partial charge < -0.3 is 14.6 Å². The summed E-state index contributed by atoms with van der Waals surface area (Å²) in [5, 5.41) is 9.36. The topological polar surface area (TPSA) is 76.4 Å². The average molecular weight is 442 g/mol. The number of hydrogen-bond acceptors (Lipinski definition) is 4. The van der Waals surface area contributed by atoms with Crippen molar-refractivity contribution in [2.75, 3.05) is 10.6 Å². The number of nitrogens with zero attached hydrogens (tertiary/aromatic N) is 1. The molecule has 0 saturated carbocycles. The minimum absolute atomic E-state index is 0.180. The lowest BCUT2D eigenvalue weighted by atomic mass is 9.93. The Kier molecular flexibility index (Phi) is 6.45. The molecule has 2 amide bonds. The molecule has 4 aromatic rings. The summed E-state index contributed by atoms with van der Waals surface area (Å²) in [5.74, 6) is 1.79. The maximum absolute atomic E-state index is 12.3. The molecule has 33 heavy (non-hydrogen) atoms. The van der Waals surface area contributed by atoms with Gasteiger partial charge in [0.05, 0.1) is 0 Å². The van der Waals surface area contributed by atoms with Crippen LogP contribution in [0.5, 0.6) is 5.75 Å². The Labute approximate surface area is 193 Å². The molecule has 6 heteroatoms. The van der Waals surface area contributed by atoms with Crippen LogP contribution in [0, 0.1) is 0 Å². The monoisotopic (exact) mass is 441 g/mol. The van der Waals surface area contributed by atoms with Crippen molar-refractivity contribution in [2.45, 2.75) is 32.8 Å². The SMILES string of the molecule is CC(C)(C)c1cc(NC(=O)Nc2ccc(OCc3ccccc3-c3ccccc3)cc2)no1. The van der Waals surface area contributed by atoms with E-state index < -0.39 is 6.03 Å². The Morgan fingerprint density at radius 3 is 2.30 bits per heavy atom. The van der Waals surface area contributed by atoms with E-state index >= 15 is 0 Å². The zero-order valence-electron chi connectivity index (χ0n) is 19.0. The first-order chi connectivity index (χ1) is 15.9. The van der Waals surface area contributed by atoms with Gasteiger partial charge >= 0.3 is 6.03 Å². The van der Waals surface area contributed by atoms with E-state index in [1.807, 2.05) is 63.2 Å². The predicted octanol–water partition coefficient (Wildman–Crippen LogP) is 6.86. The number of amides is 2. The molecule has 0 aliphatic carbocycles. The van der Waals surface area contributed by atoms with Crippen molar-refractivity contribution in [2.24, 2.45) is 0 Å². The van der Waals surface area contributed by atoms with Gasteiger partial charge in [-0.1, -0.05) is 80.5 Å². The summed E-state index contributed by atoms with van der Waals surface area (Å²) in [7, 11) is 0. The molecule has 0 unspecified atom stereocenters. The lowest BCUT2D eigenvalue weighted by Gasteiger charge is -2.12. The molecule has 168 valence electrons. The van der Waals surface area contributed by atoms with Gasteiger partial charge in [-0.05, 0) is 41.0 Å². The summed E-state index contributed by atoms with van der Waals surface area (Å²) in [6, 6.07) is 27.0. The summed E-state index contributed by atoms with van der Waals surface area (Å²) in [6.45, 7) is 6.49. The van der Waals surface area contributed by atoms with E-state index in [9.17, 15) is 4.79 Å². The molecule has 6 nitrogen and oxygen atoms in total. The number of ether oxygens (including phenoxy) is 1. The van der Waals surface area contributed by atoms with Gasteiger partial charge in [0, 0.05) is 17.2 Å². The Hall–Kier alpha value is -4.06. The molecule has 0 fully saturated rings. The maximum atomic E-state index is 12.3. The van der Waals surface area contributed by atoms with Crippen LogP contribution < -0.4 is 15.4 Å². The average Bonchev–Trinajstić information content (AvgIpc) is 3.28. The Balaban J connectivity index is 1.34. The lowest BCUT2D eigenvalue weighted by molar-refractivity contribution is 0.262. The first-order valence-corrected chi connectivity index (χ1v) is 10.8. The number of benzene rings is 3. The Morgan fingerprint density at radius 1 is 0.909 bits per heavy atom. The van der Waals surface area contributed by atoms with Crippen molar-refractivity contribution < 1.29 is 14.1 Å².